The molecule has 1 aromatic carbocycles. The largest absolute Gasteiger partial charge is 0.489 e. The lowest BCUT2D eigenvalue weighted by atomic mass is 10.2. The summed E-state index contributed by atoms with van der Waals surface area (Å²) in [5.41, 5.74) is 1.42. The number of nitrogens with one attached hydrogen (secondary N) is 1. The quantitative estimate of drug-likeness (QED) is 0.583. The van der Waals surface area contributed by atoms with E-state index < -0.39 is 0 Å². The number of para-hydroxylation sites is 1. The minimum absolute atomic E-state index is 0.0341. The number of nitrogens with zero attached hydrogens (tertiary/aromatic N) is 4. The Balaban J connectivity index is 1.22. The Morgan fingerprint density at radius 1 is 1.25 bits per heavy atom. The molecule has 0 spiro atoms. The van der Waals surface area contributed by atoms with Gasteiger partial charge in [0.15, 0.2) is 11.5 Å². The van der Waals surface area contributed by atoms with Gasteiger partial charge in [-0.25, -0.2) is 4.98 Å². The second-order valence-corrected chi connectivity index (χ2v) is 8.29. The van der Waals surface area contributed by atoms with Gasteiger partial charge in [-0.3, -0.25) is 9.59 Å². The maximum absolute atomic E-state index is 12.8. The maximum Gasteiger partial charge on any atom is 0.289 e. The van der Waals surface area contributed by atoms with Crippen molar-refractivity contribution in [1.82, 2.24) is 24.9 Å². The molecule has 1 aliphatic carbocycles. The average Bonchev–Trinajstić information content (AvgIpc) is 3.40. The summed E-state index contributed by atoms with van der Waals surface area (Å²) in [5.74, 6) is 1.91. The molecule has 1 aliphatic heterocycles. The number of hydrogen-bond acceptors (Lipinski definition) is 6. The van der Waals surface area contributed by atoms with Gasteiger partial charge in [0.05, 0.1) is 17.8 Å². The molecule has 9 heteroatoms. The normalized spacial score (nSPS) is 15.5. The summed E-state index contributed by atoms with van der Waals surface area (Å²) in [6.07, 6.45) is 4.24. The molecule has 3 heterocycles. The second kappa shape index (κ2) is 8.49. The van der Waals surface area contributed by atoms with E-state index in [0.29, 0.717) is 41.1 Å². The maximum atomic E-state index is 12.8. The number of amides is 2. The Morgan fingerprint density at radius 2 is 2.06 bits per heavy atom. The molecular formula is C23H25N5O4. The summed E-state index contributed by atoms with van der Waals surface area (Å²) in [5, 5.41) is 6.73. The molecule has 0 bridgehead atoms. The van der Waals surface area contributed by atoms with Crippen LogP contribution in [0, 0.1) is 12.8 Å². The Hall–Kier alpha value is -3.62. The van der Waals surface area contributed by atoms with E-state index >= 15 is 0 Å². The molecule has 9 nitrogen and oxygen atoms in total. The molecule has 5 rings (SSSR count). The lowest BCUT2D eigenvalue weighted by Gasteiger charge is -2.27. The van der Waals surface area contributed by atoms with Crippen molar-refractivity contribution in [3.05, 3.63) is 65.1 Å². The van der Waals surface area contributed by atoms with Gasteiger partial charge in [0.1, 0.15) is 18.1 Å². The van der Waals surface area contributed by atoms with Crippen LogP contribution in [0.15, 0.2) is 41.1 Å². The van der Waals surface area contributed by atoms with Crippen LogP contribution in [0.4, 0.5) is 0 Å². The van der Waals surface area contributed by atoms with E-state index in [4.69, 9.17) is 9.26 Å². The summed E-state index contributed by atoms with van der Waals surface area (Å²) >= 11 is 0. The van der Waals surface area contributed by atoms with Crippen LogP contribution in [-0.2, 0) is 19.7 Å². The number of carbonyl (C=O) groups is 2. The van der Waals surface area contributed by atoms with E-state index in [2.05, 4.69) is 15.5 Å². The van der Waals surface area contributed by atoms with E-state index in [1.54, 1.807) is 6.92 Å². The molecular weight excluding hydrogens is 410 g/mol. The van der Waals surface area contributed by atoms with Crippen LogP contribution in [0.5, 0.6) is 5.75 Å². The molecule has 32 heavy (non-hydrogen) atoms. The average molecular weight is 435 g/mol. The predicted molar refractivity (Wildman–Crippen MR) is 114 cm³/mol. The fourth-order valence-electron chi connectivity index (χ4n) is 3.82. The highest BCUT2D eigenvalue weighted by Crippen LogP contribution is 2.30. The molecule has 1 N–H and O–H groups in total. The van der Waals surface area contributed by atoms with Gasteiger partial charge in [-0.1, -0.05) is 23.4 Å². The fourth-order valence-corrected chi connectivity index (χ4v) is 3.82. The lowest BCUT2D eigenvalue weighted by molar-refractivity contribution is 0.0688. The molecule has 0 unspecified atom stereocenters. The smallest absolute Gasteiger partial charge is 0.289 e. The second-order valence-electron chi connectivity index (χ2n) is 8.29. The highest BCUT2D eigenvalue weighted by molar-refractivity contribution is 5.94. The zero-order valence-electron chi connectivity index (χ0n) is 17.9. The summed E-state index contributed by atoms with van der Waals surface area (Å²) < 4.78 is 12.8. The van der Waals surface area contributed by atoms with Gasteiger partial charge in [-0.05, 0) is 37.8 Å². The fraction of sp³-hybridized carbons (Fsp3) is 0.391. The predicted octanol–water partition coefficient (Wildman–Crippen LogP) is 2.55. The van der Waals surface area contributed by atoms with Crippen molar-refractivity contribution < 1.29 is 18.8 Å². The molecule has 1 saturated carbocycles. The van der Waals surface area contributed by atoms with Crippen molar-refractivity contribution in [3.8, 4) is 5.75 Å². The van der Waals surface area contributed by atoms with Crippen molar-refractivity contribution in [2.45, 2.75) is 39.5 Å². The summed E-state index contributed by atoms with van der Waals surface area (Å²) in [7, 11) is 0. The first-order valence-corrected chi connectivity index (χ1v) is 10.8. The lowest BCUT2D eigenvalue weighted by Crippen LogP contribution is -2.41. The first-order chi connectivity index (χ1) is 15.6. The van der Waals surface area contributed by atoms with Gasteiger partial charge in [-0.2, -0.15) is 0 Å². The first kappa shape index (κ1) is 20.3. The monoisotopic (exact) mass is 435 g/mol. The Bertz CT molecular complexity index is 1130. The van der Waals surface area contributed by atoms with Crippen molar-refractivity contribution in [2.75, 3.05) is 13.1 Å². The van der Waals surface area contributed by atoms with Crippen molar-refractivity contribution in [2.24, 2.45) is 5.92 Å². The van der Waals surface area contributed by atoms with Crippen LogP contribution in [0.25, 0.3) is 0 Å². The number of fused-ring (bicyclic) bond motifs is 1. The van der Waals surface area contributed by atoms with Gasteiger partial charge in [0, 0.05) is 25.8 Å². The minimum atomic E-state index is -0.374. The van der Waals surface area contributed by atoms with Gasteiger partial charge >= 0.3 is 0 Å². The molecule has 0 saturated heterocycles. The highest BCUT2D eigenvalue weighted by Gasteiger charge is 2.32. The van der Waals surface area contributed by atoms with Crippen LogP contribution in [0.2, 0.25) is 0 Å². The highest BCUT2D eigenvalue weighted by atomic mass is 16.5. The summed E-state index contributed by atoms with van der Waals surface area (Å²) in [6, 6.07) is 9.35. The number of ether oxygens (including phenoxy) is 1. The van der Waals surface area contributed by atoms with Crippen LogP contribution in [0.3, 0.4) is 0 Å². The van der Waals surface area contributed by atoms with E-state index in [9.17, 15) is 9.59 Å². The molecule has 2 aromatic heterocycles. The Morgan fingerprint density at radius 3 is 2.84 bits per heavy atom. The number of hydrogen-bond donors (Lipinski definition) is 1. The van der Waals surface area contributed by atoms with Crippen molar-refractivity contribution in [1.29, 1.82) is 0 Å². The summed E-state index contributed by atoms with van der Waals surface area (Å²) in [6.45, 7) is 4.35. The number of aromatic nitrogens is 3. The number of benzene rings is 1. The number of carbonyl (C=O) groups excluding carboxylic acids is 2. The van der Waals surface area contributed by atoms with Gasteiger partial charge in [-0.15, -0.1) is 0 Å². The molecule has 2 aliphatic rings. The molecule has 2 amide bonds. The standard InChI is InChI=1S/C23H25N5O4/c1-15-19(14-31-18-5-3-2-4-6-18)20(26-32-15)22(29)24-11-17-13-27-9-10-28(12-16-7-8-16)23(30)21(27)25-17/h2-6,13,16H,7-12,14H2,1H3,(H,24,29). The molecule has 0 atom stereocenters. The van der Waals surface area contributed by atoms with Gasteiger partial charge < -0.3 is 24.0 Å². The van der Waals surface area contributed by atoms with E-state index in [1.165, 1.54) is 12.8 Å². The Kier molecular flexibility index (Phi) is 5.38. The van der Waals surface area contributed by atoms with E-state index in [0.717, 1.165) is 13.1 Å². The minimum Gasteiger partial charge on any atom is -0.489 e. The number of imidazole rings is 1. The summed E-state index contributed by atoms with van der Waals surface area (Å²) in [4.78, 5) is 31.8. The van der Waals surface area contributed by atoms with Crippen LogP contribution in [-0.4, -0.2) is 44.5 Å². The van der Waals surface area contributed by atoms with Crippen molar-refractivity contribution in [3.63, 3.8) is 0 Å². The SMILES string of the molecule is Cc1onc(C(=O)NCc2cn3c(n2)C(=O)N(CC2CC2)CC3)c1COc1ccccc1. The number of aryl methyl sites for hydroxylation is 1. The zero-order valence-corrected chi connectivity index (χ0v) is 17.9. The van der Waals surface area contributed by atoms with Gasteiger partial charge in [0.2, 0.25) is 0 Å². The van der Waals surface area contributed by atoms with Crippen LogP contribution in [0.1, 0.15) is 51.0 Å². The zero-order chi connectivity index (χ0) is 22.1. The molecule has 1 fully saturated rings. The van der Waals surface area contributed by atoms with Crippen LogP contribution >= 0.6 is 0 Å². The number of rotatable bonds is 8. The molecule has 166 valence electrons. The third-order valence-electron chi connectivity index (χ3n) is 5.85. The third kappa shape index (κ3) is 4.23. The van der Waals surface area contributed by atoms with Crippen molar-refractivity contribution >= 4 is 11.8 Å². The topological polar surface area (TPSA) is 102 Å². The Labute approximate surface area is 185 Å². The van der Waals surface area contributed by atoms with Gasteiger partial charge in [0.25, 0.3) is 11.8 Å². The van der Waals surface area contributed by atoms with E-state index in [1.807, 2.05) is 46.0 Å². The van der Waals surface area contributed by atoms with Crippen LogP contribution < -0.4 is 10.1 Å². The van der Waals surface area contributed by atoms with E-state index in [-0.39, 0.29) is 30.7 Å². The molecule has 3 aromatic rings. The molecule has 0 radical (unpaired) electrons. The third-order valence-corrected chi connectivity index (χ3v) is 5.85. The first-order valence-electron chi connectivity index (χ1n) is 10.8.